The van der Waals surface area contributed by atoms with Crippen LogP contribution in [-0.2, 0) is 7.05 Å². The molecular formula is C16H16N4. The minimum Gasteiger partial charge on any atom is -0.383 e. The Morgan fingerprint density at radius 2 is 1.80 bits per heavy atom. The summed E-state index contributed by atoms with van der Waals surface area (Å²) < 4.78 is 1.71. The van der Waals surface area contributed by atoms with Crippen LogP contribution in [0, 0.1) is 6.92 Å². The average Bonchev–Trinajstić information content (AvgIpc) is 2.77. The Bertz CT molecular complexity index is 727. The molecule has 3 aromatic rings. The summed E-state index contributed by atoms with van der Waals surface area (Å²) in [5.74, 6) is 0.660. The average molecular weight is 264 g/mol. The van der Waals surface area contributed by atoms with Gasteiger partial charge in [-0.25, -0.2) is 0 Å². The molecule has 4 nitrogen and oxygen atoms in total. The Hall–Kier alpha value is -2.62. The molecular weight excluding hydrogens is 248 g/mol. The number of anilines is 1. The van der Waals surface area contributed by atoms with Gasteiger partial charge in [-0.15, -0.1) is 0 Å². The predicted octanol–water partition coefficient (Wildman–Crippen LogP) is 3.04. The monoisotopic (exact) mass is 264 g/mol. The molecule has 100 valence electrons. The SMILES string of the molecule is Cc1ccc(-c2c(-c3cccnc3)nn(C)c2N)cc1. The van der Waals surface area contributed by atoms with Crippen molar-refractivity contribution < 1.29 is 0 Å². The van der Waals surface area contributed by atoms with Crippen molar-refractivity contribution >= 4 is 5.82 Å². The zero-order valence-electron chi connectivity index (χ0n) is 11.5. The van der Waals surface area contributed by atoms with Gasteiger partial charge in [0.1, 0.15) is 11.5 Å². The molecule has 3 rings (SSSR count). The van der Waals surface area contributed by atoms with Crippen LogP contribution in [0.2, 0.25) is 0 Å². The molecule has 0 radical (unpaired) electrons. The van der Waals surface area contributed by atoms with Gasteiger partial charge < -0.3 is 5.73 Å². The lowest BCUT2D eigenvalue weighted by atomic mass is 10.0. The van der Waals surface area contributed by atoms with Crippen molar-refractivity contribution in [3.63, 3.8) is 0 Å². The molecule has 0 fully saturated rings. The molecule has 0 aliphatic rings. The van der Waals surface area contributed by atoms with Gasteiger partial charge in [0.2, 0.25) is 0 Å². The zero-order chi connectivity index (χ0) is 14.1. The fourth-order valence-electron chi connectivity index (χ4n) is 2.25. The number of rotatable bonds is 2. The van der Waals surface area contributed by atoms with E-state index in [1.807, 2.05) is 19.2 Å². The van der Waals surface area contributed by atoms with Crippen LogP contribution in [0.15, 0.2) is 48.8 Å². The highest BCUT2D eigenvalue weighted by Gasteiger charge is 2.17. The van der Waals surface area contributed by atoms with Crippen LogP contribution in [0.3, 0.4) is 0 Å². The van der Waals surface area contributed by atoms with E-state index in [0.29, 0.717) is 5.82 Å². The minimum absolute atomic E-state index is 0.660. The highest BCUT2D eigenvalue weighted by atomic mass is 15.3. The maximum Gasteiger partial charge on any atom is 0.129 e. The summed E-state index contributed by atoms with van der Waals surface area (Å²) in [6, 6.07) is 12.2. The lowest BCUT2D eigenvalue weighted by Crippen LogP contribution is -1.97. The topological polar surface area (TPSA) is 56.7 Å². The lowest BCUT2D eigenvalue weighted by Gasteiger charge is -2.04. The molecule has 0 saturated heterocycles. The van der Waals surface area contributed by atoms with Crippen molar-refractivity contribution in [3.8, 4) is 22.4 Å². The Kier molecular flexibility index (Phi) is 2.99. The van der Waals surface area contributed by atoms with Gasteiger partial charge in [-0.05, 0) is 24.6 Å². The Balaban J connectivity index is 2.22. The molecule has 0 spiro atoms. The third kappa shape index (κ3) is 2.05. The third-order valence-corrected chi connectivity index (χ3v) is 3.37. The van der Waals surface area contributed by atoms with Gasteiger partial charge in [-0.2, -0.15) is 5.10 Å². The number of aryl methyl sites for hydroxylation is 2. The molecule has 0 unspecified atom stereocenters. The molecule has 2 heterocycles. The third-order valence-electron chi connectivity index (χ3n) is 3.37. The Morgan fingerprint density at radius 3 is 2.45 bits per heavy atom. The van der Waals surface area contributed by atoms with E-state index in [4.69, 9.17) is 5.73 Å². The van der Waals surface area contributed by atoms with E-state index >= 15 is 0 Å². The van der Waals surface area contributed by atoms with E-state index < -0.39 is 0 Å². The van der Waals surface area contributed by atoms with Gasteiger partial charge in [0.15, 0.2) is 0 Å². The largest absolute Gasteiger partial charge is 0.383 e. The predicted molar refractivity (Wildman–Crippen MR) is 81.0 cm³/mol. The number of nitrogens with zero attached hydrogens (tertiary/aromatic N) is 3. The van der Waals surface area contributed by atoms with Crippen LogP contribution in [0.1, 0.15) is 5.56 Å². The normalized spacial score (nSPS) is 10.7. The standard InChI is InChI=1S/C16H16N4/c1-11-5-7-12(8-6-11)14-15(19-20(2)16(14)17)13-4-3-9-18-10-13/h3-10H,17H2,1-2H3. The van der Waals surface area contributed by atoms with Crippen LogP contribution in [0.4, 0.5) is 5.82 Å². The molecule has 2 aromatic heterocycles. The highest BCUT2D eigenvalue weighted by Crippen LogP contribution is 2.35. The van der Waals surface area contributed by atoms with Gasteiger partial charge in [0.25, 0.3) is 0 Å². The number of benzene rings is 1. The second-order valence-corrected chi connectivity index (χ2v) is 4.84. The summed E-state index contributed by atoms with van der Waals surface area (Å²) in [6.45, 7) is 2.07. The van der Waals surface area contributed by atoms with Gasteiger partial charge in [0.05, 0.1) is 5.56 Å². The molecule has 1 aromatic carbocycles. The van der Waals surface area contributed by atoms with Crippen LogP contribution < -0.4 is 5.73 Å². The molecule has 0 atom stereocenters. The van der Waals surface area contributed by atoms with Crippen LogP contribution in [-0.4, -0.2) is 14.8 Å². The van der Waals surface area contributed by atoms with E-state index in [-0.39, 0.29) is 0 Å². The first-order valence-electron chi connectivity index (χ1n) is 6.46. The Morgan fingerprint density at radius 1 is 1.05 bits per heavy atom. The number of hydrogen-bond acceptors (Lipinski definition) is 3. The number of hydrogen-bond donors (Lipinski definition) is 1. The molecule has 2 N–H and O–H groups in total. The maximum atomic E-state index is 6.19. The lowest BCUT2D eigenvalue weighted by molar-refractivity contribution is 0.782. The van der Waals surface area contributed by atoms with Crippen LogP contribution >= 0.6 is 0 Å². The summed E-state index contributed by atoms with van der Waals surface area (Å²) in [5, 5.41) is 4.53. The Labute approximate surface area is 117 Å². The summed E-state index contributed by atoms with van der Waals surface area (Å²) >= 11 is 0. The molecule has 0 amide bonds. The number of pyridine rings is 1. The van der Waals surface area contributed by atoms with Crippen molar-refractivity contribution in [1.82, 2.24) is 14.8 Å². The fourth-order valence-corrected chi connectivity index (χ4v) is 2.25. The van der Waals surface area contributed by atoms with E-state index in [9.17, 15) is 0 Å². The second-order valence-electron chi connectivity index (χ2n) is 4.84. The summed E-state index contributed by atoms with van der Waals surface area (Å²) in [6.07, 6.45) is 3.56. The van der Waals surface area contributed by atoms with Crippen molar-refractivity contribution in [2.75, 3.05) is 5.73 Å². The minimum atomic E-state index is 0.660. The first-order chi connectivity index (χ1) is 9.66. The number of nitrogen functional groups attached to an aromatic ring is 1. The quantitative estimate of drug-likeness (QED) is 0.774. The van der Waals surface area contributed by atoms with Gasteiger partial charge in [-0.1, -0.05) is 29.8 Å². The molecule has 0 aliphatic carbocycles. The van der Waals surface area contributed by atoms with Gasteiger partial charge in [-0.3, -0.25) is 9.67 Å². The van der Waals surface area contributed by atoms with Crippen LogP contribution in [0.25, 0.3) is 22.4 Å². The highest BCUT2D eigenvalue weighted by molar-refractivity contribution is 5.87. The first-order valence-corrected chi connectivity index (χ1v) is 6.46. The van der Waals surface area contributed by atoms with Crippen molar-refractivity contribution in [3.05, 3.63) is 54.4 Å². The van der Waals surface area contributed by atoms with Crippen molar-refractivity contribution in [2.24, 2.45) is 7.05 Å². The summed E-state index contributed by atoms with van der Waals surface area (Å²) in [7, 11) is 1.85. The second kappa shape index (κ2) is 4.81. The maximum absolute atomic E-state index is 6.19. The molecule has 20 heavy (non-hydrogen) atoms. The van der Waals surface area contributed by atoms with Crippen LogP contribution in [0.5, 0.6) is 0 Å². The number of nitrogens with two attached hydrogens (primary N) is 1. The van der Waals surface area contributed by atoms with E-state index in [1.54, 1.807) is 17.1 Å². The molecule has 0 aliphatic heterocycles. The summed E-state index contributed by atoms with van der Waals surface area (Å²) in [4.78, 5) is 4.16. The van der Waals surface area contributed by atoms with E-state index in [0.717, 1.165) is 22.4 Å². The van der Waals surface area contributed by atoms with Gasteiger partial charge >= 0.3 is 0 Å². The summed E-state index contributed by atoms with van der Waals surface area (Å²) in [5.41, 5.74) is 11.3. The molecule has 4 heteroatoms. The molecule has 0 saturated carbocycles. The van der Waals surface area contributed by atoms with E-state index in [1.165, 1.54) is 5.56 Å². The van der Waals surface area contributed by atoms with Gasteiger partial charge in [0, 0.05) is 25.0 Å². The smallest absolute Gasteiger partial charge is 0.129 e. The number of aromatic nitrogens is 3. The fraction of sp³-hybridized carbons (Fsp3) is 0.125. The molecule has 0 bridgehead atoms. The van der Waals surface area contributed by atoms with Crippen molar-refractivity contribution in [2.45, 2.75) is 6.92 Å². The zero-order valence-corrected chi connectivity index (χ0v) is 11.5. The van der Waals surface area contributed by atoms with Crippen molar-refractivity contribution in [1.29, 1.82) is 0 Å². The van der Waals surface area contributed by atoms with E-state index in [2.05, 4.69) is 41.3 Å². The first kappa shape index (κ1) is 12.4.